The highest BCUT2D eigenvalue weighted by molar-refractivity contribution is 7.26. The molecule has 7 heteroatoms. The quantitative estimate of drug-likeness (QED) is 0.349. The van der Waals surface area contributed by atoms with Gasteiger partial charge < -0.3 is 10.1 Å². The lowest BCUT2D eigenvalue weighted by molar-refractivity contribution is 0.102. The zero-order valence-electron chi connectivity index (χ0n) is 16.0. The molecule has 1 fully saturated rings. The number of rotatable bonds is 4. The van der Waals surface area contributed by atoms with Gasteiger partial charge in [0, 0.05) is 33.4 Å². The maximum atomic E-state index is 13.2. The van der Waals surface area contributed by atoms with Crippen LogP contribution in [0.15, 0.2) is 48.8 Å². The maximum Gasteiger partial charge on any atom is 0.256 e. The summed E-state index contributed by atoms with van der Waals surface area (Å²) >= 11 is 14.0. The van der Waals surface area contributed by atoms with E-state index in [0.717, 1.165) is 38.8 Å². The second-order valence-corrected chi connectivity index (χ2v) is 9.24. The number of nitrogens with one attached hydrogen (secondary N) is 1. The minimum Gasteiger partial charge on any atom is -0.489 e. The molecular weight excluding hydrogens is 439 g/mol. The number of hydrogen-bond acceptors (Lipinski definition) is 4. The van der Waals surface area contributed by atoms with Crippen LogP contribution in [0.1, 0.15) is 36.0 Å². The van der Waals surface area contributed by atoms with Crippen molar-refractivity contribution in [2.45, 2.75) is 31.8 Å². The van der Waals surface area contributed by atoms with E-state index in [1.807, 2.05) is 30.3 Å². The predicted octanol–water partition coefficient (Wildman–Crippen LogP) is 7.33. The van der Waals surface area contributed by atoms with Crippen molar-refractivity contribution < 1.29 is 9.53 Å². The molecule has 0 bridgehead atoms. The number of nitrogens with zero attached hydrogens (tertiary/aromatic N) is 1. The molecule has 0 radical (unpaired) electrons. The zero-order valence-corrected chi connectivity index (χ0v) is 18.3. The second-order valence-electron chi connectivity index (χ2n) is 7.37. The van der Waals surface area contributed by atoms with Crippen molar-refractivity contribution >= 4 is 66.3 Å². The van der Waals surface area contributed by atoms with Gasteiger partial charge in [0.15, 0.2) is 0 Å². The molecule has 1 saturated carbocycles. The average Bonchev–Trinajstić information content (AvgIpc) is 3.39. The first kappa shape index (κ1) is 19.6. The third kappa shape index (κ3) is 3.51. The van der Waals surface area contributed by atoms with Crippen molar-refractivity contribution in [1.29, 1.82) is 0 Å². The Hall–Kier alpha value is -2.34. The minimum absolute atomic E-state index is 0.243. The topological polar surface area (TPSA) is 51.2 Å². The number of thiophene rings is 1. The van der Waals surface area contributed by atoms with E-state index in [4.69, 9.17) is 27.9 Å². The summed E-state index contributed by atoms with van der Waals surface area (Å²) in [6.07, 6.45) is 7.71. The summed E-state index contributed by atoms with van der Waals surface area (Å²) in [6.45, 7) is 0. The number of aromatic nitrogens is 1. The summed E-state index contributed by atoms with van der Waals surface area (Å²) in [5, 5.41) is 5.37. The van der Waals surface area contributed by atoms with Crippen LogP contribution in [-0.4, -0.2) is 17.0 Å². The van der Waals surface area contributed by atoms with E-state index in [2.05, 4.69) is 16.4 Å². The van der Waals surface area contributed by atoms with Crippen LogP contribution in [0, 0.1) is 0 Å². The van der Waals surface area contributed by atoms with Gasteiger partial charge in [-0.1, -0.05) is 41.4 Å². The molecule has 30 heavy (non-hydrogen) atoms. The van der Waals surface area contributed by atoms with E-state index in [9.17, 15) is 4.79 Å². The first-order valence-electron chi connectivity index (χ1n) is 9.83. The fraction of sp³-hybridized carbons (Fsp3) is 0.217. The van der Waals surface area contributed by atoms with Crippen molar-refractivity contribution in [2.24, 2.45) is 0 Å². The zero-order chi connectivity index (χ0) is 20.7. The molecule has 4 aromatic rings. The third-order valence-electron chi connectivity index (χ3n) is 5.42. The van der Waals surface area contributed by atoms with Crippen molar-refractivity contribution in [3.05, 3.63) is 64.4 Å². The van der Waals surface area contributed by atoms with Crippen LogP contribution in [-0.2, 0) is 0 Å². The van der Waals surface area contributed by atoms with Crippen LogP contribution < -0.4 is 10.1 Å². The summed E-state index contributed by atoms with van der Waals surface area (Å²) in [6, 6.07) is 11.8. The molecule has 1 aliphatic carbocycles. The molecule has 152 valence electrons. The van der Waals surface area contributed by atoms with Crippen LogP contribution in [0.4, 0.5) is 5.69 Å². The van der Waals surface area contributed by atoms with Crippen molar-refractivity contribution in [3.63, 3.8) is 0 Å². The molecule has 1 N–H and O–H groups in total. The van der Waals surface area contributed by atoms with Crippen LogP contribution in [0.2, 0.25) is 10.0 Å². The Kier molecular flexibility index (Phi) is 5.27. The Morgan fingerprint density at radius 2 is 1.80 bits per heavy atom. The van der Waals surface area contributed by atoms with Gasteiger partial charge in [0.2, 0.25) is 0 Å². The van der Waals surface area contributed by atoms with E-state index in [1.165, 1.54) is 25.2 Å². The highest BCUT2D eigenvalue weighted by Gasteiger charge is 2.22. The number of pyridine rings is 1. The number of anilines is 1. The monoisotopic (exact) mass is 456 g/mol. The van der Waals surface area contributed by atoms with Gasteiger partial charge >= 0.3 is 0 Å². The molecule has 1 amide bonds. The summed E-state index contributed by atoms with van der Waals surface area (Å²) < 4.78 is 8.44. The minimum atomic E-state index is -0.272. The molecule has 0 atom stereocenters. The van der Waals surface area contributed by atoms with Crippen molar-refractivity contribution in [2.75, 3.05) is 5.32 Å². The lowest BCUT2D eigenvalue weighted by Crippen LogP contribution is -2.14. The Labute approximate surface area is 187 Å². The second kappa shape index (κ2) is 8.06. The third-order valence-corrected chi connectivity index (χ3v) is 7.18. The van der Waals surface area contributed by atoms with Gasteiger partial charge in [-0.3, -0.25) is 9.78 Å². The summed E-state index contributed by atoms with van der Waals surface area (Å²) in [5.74, 6) is 0.570. The highest BCUT2D eigenvalue weighted by Crippen LogP contribution is 2.42. The maximum absolute atomic E-state index is 13.2. The fourth-order valence-corrected chi connectivity index (χ4v) is 5.63. The van der Waals surface area contributed by atoms with Gasteiger partial charge in [-0.05, 0) is 43.9 Å². The van der Waals surface area contributed by atoms with Gasteiger partial charge in [-0.15, -0.1) is 11.3 Å². The SMILES string of the molecule is O=C(Nc1c(Cl)cncc1Cl)c1ccc(OC2CCCC2)c2sc3ccccc3c12. The van der Waals surface area contributed by atoms with Crippen LogP contribution in [0.25, 0.3) is 20.2 Å². The van der Waals surface area contributed by atoms with E-state index < -0.39 is 0 Å². The molecular formula is C23H18Cl2N2O2S. The van der Waals surface area contributed by atoms with Crippen LogP contribution >= 0.6 is 34.5 Å². The number of carbonyl (C=O) groups excluding carboxylic acids is 1. The van der Waals surface area contributed by atoms with E-state index in [1.54, 1.807) is 11.3 Å². The normalized spacial score (nSPS) is 14.5. The Balaban J connectivity index is 1.62. The molecule has 2 aromatic carbocycles. The summed E-state index contributed by atoms with van der Waals surface area (Å²) in [5.41, 5.74) is 0.919. The Bertz CT molecular complexity index is 1240. The molecule has 5 rings (SSSR count). The van der Waals surface area contributed by atoms with Gasteiger partial charge in [-0.25, -0.2) is 0 Å². The molecule has 0 aliphatic heterocycles. The largest absolute Gasteiger partial charge is 0.489 e. The number of carbonyl (C=O) groups is 1. The predicted molar refractivity (Wildman–Crippen MR) is 124 cm³/mol. The Morgan fingerprint density at radius 1 is 1.07 bits per heavy atom. The summed E-state index contributed by atoms with van der Waals surface area (Å²) in [4.78, 5) is 17.2. The Morgan fingerprint density at radius 3 is 2.57 bits per heavy atom. The van der Waals surface area contributed by atoms with E-state index in [0.29, 0.717) is 21.3 Å². The molecule has 1 aliphatic rings. The molecule has 0 saturated heterocycles. The molecule has 0 unspecified atom stereocenters. The number of amides is 1. The van der Waals surface area contributed by atoms with Gasteiger partial charge in [0.1, 0.15) is 5.75 Å². The van der Waals surface area contributed by atoms with Gasteiger partial charge in [0.25, 0.3) is 5.91 Å². The van der Waals surface area contributed by atoms with Crippen molar-refractivity contribution in [1.82, 2.24) is 4.98 Å². The first-order valence-corrected chi connectivity index (χ1v) is 11.4. The average molecular weight is 457 g/mol. The highest BCUT2D eigenvalue weighted by atomic mass is 35.5. The van der Waals surface area contributed by atoms with Gasteiger partial charge in [-0.2, -0.15) is 0 Å². The number of fused-ring (bicyclic) bond motifs is 3. The number of benzene rings is 2. The fourth-order valence-electron chi connectivity index (χ4n) is 3.98. The number of hydrogen-bond donors (Lipinski definition) is 1. The first-order chi connectivity index (χ1) is 14.6. The number of ether oxygens (including phenoxy) is 1. The van der Waals surface area contributed by atoms with E-state index in [-0.39, 0.29) is 12.0 Å². The van der Waals surface area contributed by atoms with Crippen molar-refractivity contribution in [3.8, 4) is 5.75 Å². The molecule has 2 aromatic heterocycles. The van der Waals surface area contributed by atoms with E-state index >= 15 is 0 Å². The lowest BCUT2D eigenvalue weighted by atomic mass is 10.0. The lowest BCUT2D eigenvalue weighted by Gasteiger charge is -2.15. The summed E-state index contributed by atoms with van der Waals surface area (Å²) in [7, 11) is 0. The van der Waals surface area contributed by atoms with Crippen LogP contribution in [0.5, 0.6) is 5.75 Å². The van der Waals surface area contributed by atoms with Gasteiger partial charge in [0.05, 0.1) is 26.5 Å². The molecule has 4 nitrogen and oxygen atoms in total. The standard InChI is InChI=1S/C23H18Cl2N2O2S/c24-16-11-26-12-17(25)21(16)27-23(28)15-9-10-18(29-13-5-1-2-6-13)22-20(15)14-7-3-4-8-19(14)30-22/h3-4,7-13H,1-2,5-6H2,(H,26,27,28). The molecule has 2 heterocycles. The smallest absolute Gasteiger partial charge is 0.256 e. The van der Waals surface area contributed by atoms with Crippen LogP contribution in [0.3, 0.4) is 0 Å². The number of halogens is 2. The molecule has 0 spiro atoms.